The molecular formula is C23H25BrF3NO5S. The van der Waals surface area contributed by atoms with Crippen LogP contribution in [0.15, 0.2) is 45.8 Å². The highest BCUT2D eigenvalue weighted by Crippen LogP contribution is 2.37. The Labute approximate surface area is 205 Å². The Kier molecular flexibility index (Phi) is 7.69. The molecule has 0 fully saturated rings. The van der Waals surface area contributed by atoms with Crippen LogP contribution in [0.5, 0.6) is 5.75 Å². The van der Waals surface area contributed by atoms with Crippen LogP contribution in [0.2, 0.25) is 0 Å². The summed E-state index contributed by atoms with van der Waals surface area (Å²) in [5.41, 5.74) is -0.319. The van der Waals surface area contributed by atoms with Crippen molar-refractivity contribution in [2.24, 2.45) is 0 Å². The maximum absolute atomic E-state index is 13.2. The molecule has 1 atom stereocenters. The fourth-order valence-corrected chi connectivity index (χ4v) is 5.68. The van der Waals surface area contributed by atoms with Crippen molar-refractivity contribution >= 4 is 31.9 Å². The van der Waals surface area contributed by atoms with Gasteiger partial charge in [-0.1, -0.05) is 28.1 Å². The molecule has 0 saturated carbocycles. The second kappa shape index (κ2) is 9.87. The van der Waals surface area contributed by atoms with E-state index in [0.717, 1.165) is 17.7 Å². The quantitative estimate of drug-likeness (QED) is 0.466. The van der Waals surface area contributed by atoms with E-state index in [9.17, 15) is 26.4 Å². The number of carbonyl (C=O) groups excluding carboxylic acids is 1. The van der Waals surface area contributed by atoms with Crippen molar-refractivity contribution in [3.63, 3.8) is 0 Å². The zero-order valence-electron chi connectivity index (χ0n) is 18.8. The fourth-order valence-electron chi connectivity index (χ4n) is 3.72. The minimum Gasteiger partial charge on any atom is -0.482 e. The van der Waals surface area contributed by atoms with E-state index in [1.165, 1.54) is 0 Å². The second-order valence-corrected chi connectivity index (χ2v) is 11.6. The lowest BCUT2D eigenvalue weighted by molar-refractivity contribution is -0.157. The highest BCUT2D eigenvalue weighted by molar-refractivity contribution is 9.10. The smallest absolute Gasteiger partial charge is 0.416 e. The van der Waals surface area contributed by atoms with Crippen molar-refractivity contribution < 1.29 is 35.9 Å². The van der Waals surface area contributed by atoms with Gasteiger partial charge in [0.2, 0.25) is 10.0 Å². The Morgan fingerprint density at radius 2 is 1.88 bits per heavy atom. The van der Waals surface area contributed by atoms with Gasteiger partial charge in [0.15, 0.2) is 6.61 Å². The van der Waals surface area contributed by atoms with Crippen LogP contribution in [0.4, 0.5) is 13.2 Å². The SMILES string of the molecule is CC(C)(C)OC(=O)COc1cccc2c1CCCC2NS(=O)(=O)c1cc(Br)cc(C(F)(F)F)c1. The van der Waals surface area contributed by atoms with Crippen molar-refractivity contribution in [2.75, 3.05) is 6.61 Å². The molecule has 1 N–H and O–H groups in total. The molecule has 6 nitrogen and oxygen atoms in total. The molecule has 0 bridgehead atoms. The van der Waals surface area contributed by atoms with E-state index < -0.39 is 44.3 Å². The van der Waals surface area contributed by atoms with Crippen molar-refractivity contribution in [3.8, 4) is 5.75 Å². The van der Waals surface area contributed by atoms with Crippen LogP contribution in [0.1, 0.15) is 56.3 Å². The van der Waals surface area contributed by atoms with E-state index in [4.69, 9.17) is 9.47 Å². The van der Waals surface area contributed by atoms with E-state index in [2.05, 4.69) is 20.7 Å². The van der Waals surface area contributed by atoms with Gasteiger partial charge >= 0.3 is 12.1 Å². The number of esters is 1. The second-order valence-electron chi connectivity index (χ2n) is 8.94. The summed E-state index contributed by atoms with van der Waals surface area (Å²) in [6, 6.07) is 7.00. The number of benzene rings is 2. The first-order valence-corrected chi connectivity index (χ1v) is 12.8. The molecule has 0 spiro atoms. The van der Waals surface area contributed by atoms with Gasteiger partial charge in [-0.2, -0.15) is 13.2 Å². The lowest BCUT2D eigenvalue weighted by Crippen LogP contribution is -2.31. The van der Waals surface area contributed by atoms with Gasteiger partial charge in [0, 0.05) is 10.5 Å². The van der Waals surface area contributed by atoms with Gasteiger partial charge in [-0.25, -0.2) is 17.9 Å². The molecule has 11 heteroatoms. The number of rotatable bonds is 6. The van der Waals surface area contributed by atoms with Crippen LogP contribution in [-0.2, 0) is 32.2 Å². The summed E-state index contributed by atoms with van der Waals surface area (Å²) in [6.45, 7) is 4.93. The summed E-state index contributed by atoms with van der Waals surface area (Å²) in [6.07, 6.45) is -3.00. The molecule has 0 radical (unpaired) electrons. The number of nitrogens with one attached hydrogen (secondary N) is 1. The van der Waals surface area contributed by atoms with Gasteiger partial charge in [-0.05, 0) is 75.4 Å². The molecule has 2 aromatic carbocycles. The lowest BCUT2D eigenvalue weighted by atomic mass is 9.87. The zero-order valence-corrected chi connectivity index (χ0v) is 21.2. The third-order valence-electron chi connectivity index (χ3n) is 5.04. The summed E-state index contributed by atoms with van der Waals surface area (Å²) in [5.74, 6) is -0.0950. The monoisotopic (exact) mass is 563 g/mol. The zero-order chi connectivity index (χ0) is 25.3. The Bertz CT molecular complexity index is 1180. The number of carbonyl (C=O) groups is 1. The molecule has 186 valence electrons. The number of fused-ring (bicyclic) bond motifs is 1. The first kappa shape index (κ1) is 26.5. The number of hydrogen-bond acceptors (Lipinski definition) is 5. The molecule has 0 saturated heterocycles. The fraction of sp³-hybridized carbons (Fsp3) is 0.435. The third kappa shape index (κ3) is 6.73. The van der Waals surface area contributed by atoms with E-state index in [0.29, 0.717) is 36.6 Å². The van der Waals surface area contributed by atoms with Crippen LogP contribution in [-0.4, -0.2) is 26.6 Å². The first-order chi connectivity index (χ1) is 15.7. The van der Waals surface area contributed by atoms with Crippen molar-refractivity contribution in [1.82, 2.24) is 4.72 Å². The van der Waals surface area contributed by atoms with Gasteiger partial charge in [0.1, 0.15) is 11.4 Å². The first-order valence-electron chi connectivity index (χ1n) is 10.5. The third-order valence-corrected chi connectivity index (χ3v) is 6.95. The standard InChI is InChI=1S/C23H25BrF3NO5S/c1-22(2,3)33-21(29)13-32-20-9-5-6-17-18(20)7-4-8-19(17)28-34(30,31)16-11-14(23(25,26)27)10-15(24)12-16/h5-6,9-12,19,28H,4,7-8,13H2,1-3H3. The molecule has 2 aromatic rings. The number of ether oxygens (including phenoxy) is 2. The number of hydrogen-bond donors (Lipinski definition) is 1. The molecule has 1 unspecified atom stereocenters. The topological polar surface area (TPSA) is 81.7 Å². The van der Waals surface area contributed by atoms with Crippen LogP contribution in [0, 0.1) is 0 Å². The Morgan fingerprint density at radius 3 is 2.53 bits per heavy atom. The van der Waals surface area contributed by atoms with Gasteiger partial charge < -0.3 is 9.47 Å². The number of halogens is 4. The van der Waals surface area contributed by atoms with Crippen LogP contribution >= 0.6 is 15.9 Å². The van der Waals surface area contributed by atoms with E-state index in [1.807, 2.05) is 0 Å². The predicted molar refractivity (Wildman–Crippen MR) is 123 cm³/mol. The van der Waals surface area contributed by atoms with Gasteiger partial charge in [0.25, 0.3) is 0 Å². The van der Waals surface area contributed by atoms with Gasteiger partial charge in [-0.3, -0.25) is 0 Å². The summed E-state index contributed by atoms with van der Waals surface area (Å²) in [7, 11) is -4.26. The molecule has 0 aliphatic heterocycles. The molecular weight excluding hydrogens is 539 g/mol. The average molecular weight is 564 g/mol. The molecule has 1 aliphatic carbocycles. The minimum atomic E-state index is -4.69. The van der Waals surface area contributed by atoms with Crippen LogP contribution in [0.3, 0.4) is 0 Å². The molecule has 0 aromatic heterocycles. The Balaban J connectivity index is 1.83. The Morgan fingerprint density at radius 1 is 1.18 bits per heavy atom. The van der Waals surface area contributed by atoms with Gasteiger partial charge in [-0.15, -0.1) is 0 Å². The number of alkyl halides is 3. The van der Waals surface area contributed by atoms with Crippen molar-refractivity contribution in [3.05, 3.63) is 57.6 Å². The van der Waals surface area contributed by atoms with Gasteiger partial charge in [0.05, 0.1) is 10.5 Å². The predicted octanol–water partition coefficient (Wildman–Crippen LogP) is 5.54. The molecule has 0 heterocycles. The van der Waals surface area contributed by atoms with Crippen LogP contribution in [0.25, 0.3) is 0 Å². The van der Waals surface area contributed by atoms with E-state index >= 15 is 0 Å². The maximum atomic E-state index is 13.2. The largest absolute Gasteiger partial charge is 0.482 e. The van der Waals surface area contributed by atoms with E-state index in [1.54, 1.807) is 39.0 Å². The highest BCUT2D eigenvalue weighted by atomic mass is 79.9. The maximum Gasteiger partial charge on any atom is 0.416 e. The molecule has 1 aliphatic rings. The number of sulfonamides is 1. The minimum absolute atomic E-state index is 0.00423. The normalized spacial score (nSPS) is 16.6. The molecule has 3 rings (SSSR count). The summed E-state index contributed by atoms with van der Waals surface area (Å²) in [5, 5.41) is 0. The summed E-state index contributed by atoms with van der Waals surface area (Å²) >= 11 is 2.96. The highest BCUT2D eigenvalue weighted by Gasteiger charge is 2.34. The van der Waals surface area contributed by atoms with Crippen molar-refractivity contribution in [2.45, 2.75) is 62.7 Å². The summed E-state index contributed by atoms with van der Waals surface area (Å²) in [4.78, 5) is 11.5. The lowest BCUT2D eigenvalue weighted by Gasteiger charge is -2.28. The Hall–Kier alpha value is -2.11. The van der Waals surface area contributed by atoms with Crippen LogP contribution < -0.4 is 9.46 Å². The summed E-state index contributed by atoms with van der Waals surface area (Å²) < 4.78 is 78.9. The average Bonchev–Trinajstić information content (AvgIpc) is 2.70. The van der Waals surface area contributed by atoms with Crippen molar-refractivity contribution in [1.29, 1.82) is 0 Å². The van der Waals surface area contributed by atoms with E-state index in [-0.39, 0.29) is 11.1 Å². The molecule has 34 heavy (non-hydrogen) atoms. The molecule has 0 amide bonds.